The van der Waals surface area contributed by atoms with Crippen molar-refractivity contribution in [3.63, 3.8) is 0 Å². The van der Waals surface area contributed by atoms with Crippen LogP contribution in [0.25, 0.3) is 0 Å². The number of nitrogens with zero attached hydrogens (tertiary/aromatic N) is 3. The van der Waals surface area contributed by atoms with E-state index >= 15 is 0 Å². The summed E-state index contributed by atoms with van der Waals surface area (Å²) in [7, 11) is 0. The summed E-state index contributed by atoms with van der Waals surface area (Å²) in [6.07, 6.45) is 6.93. The molecule has 4 atom stereocenters. The van der Waals surface area contributed by atoms with Gasteiger partial charge in [-0.05, 0) is 45.6 Å². The van der Waals surface area contributed by atoms with Crippen LogP contribution in [-0.2, 0) is 19.0 Å². The van der Waals surface area contributed by atoms with Crippen LogP contribution < -0.4 is 0 Å². The largest absolute Gasteiger partial charge is 0.455 e. The molecule has 3 saturated heterocycles. The van der Waals surface area contributed by atoms with E-state index in [-0.39, 0.29) is 47.9 Å². The van der Waals surface area contributed by atoms with Crippen LogP contribution >= 0.6 is 0 Å². The highest BCUT2D eigenvalue weighted by molar-refractivity contribution is 5.91. The summed E-state index contributed by atoms with van der Waals surface area (Å²) in [5.74, 6) is -0.272. The number of rotatable bonds is 3. The number of ether oxygens (including phenoxy) is 3. The van der Waals surface area contributed by atoms with Gasteiger partial charge in [-0.15, -0.1) is 0 Å². The SMILES string of the molecule is C=C1C(=O)OC2C1CCC(C)=CCCC1(C)OC21.O=C1OCCN1N=Cc1ccc([N+](=O)[O-])o1. The number of amides is 1. The molecule has 0 spiro atoms. The fourth-order valence-corrected chi connectivity index (χ4v) is 4.33. The van der Waals surface area contributed by atoms with Crippen LogP contribution in [0.1, 0.15) is 45.3 Å². The summed E-state index contributed by atoms with van der Waals surface area (Å²) in [5, 5.41) is 15.2. The Morgan fingerprint density at radius 1 is 1.35 bits per heavy atom. The average molecular weight is 473 g/mol. The van der Waals surface area contributed by atoms with Gasteiger partial charge in [-0.25, -0.2) is 9.59 Å². The Morgan fingerprint density at radius 3 is 2.82 bits per heavy atom. The van der Waals surface area contributed by atoms with E-state index in [0.717, 1.165) is 30.7 Å². The molecule has 0 saturated carbocycles. The number of esters is 1. The number of epoxide rings is 1. The summed E-state index contributed by atoms with van der Waals surface area (Å²) in [6, 6.07) is 2.60. The number of cyclic esters (lactones) is 1. The molecule has 1 aromatic rings. The van der Waals surface area contributed by atoms with E-state index in [1.165, 1.54) is 23.9 Å². The van der Waals surface area contributed by atoms with Gasteiger partial charge in [0.25, 0.3) is 0 Å². The Hall–Kier alpha value is -3.47. The Kier molecular flexibility index (Phi) is 6.56. The van der Waals surface area contributed by atoms with Crippen molar-refractivity contribution < 1.29 is 33.1 Å². The fraction of sp³-hybridized carbons (Fsp3) is 0.522. The lowest BCUT2D eigenvalue weighted by atomic mass is 9.84. The molecule has 1 amide bonds. The van der Waals surface area contributed by atoms with Gasteiger partial charge in [0.05, 0.1) is 24.4 Å². The second-order valence-electron chi connectivity index (χ2n) is 8.90. The molecule has 0 aromatic carbocycles. The molecular formula is C23H27N3O8. The number of furan rings is 1. The lowest BCUT2D eigenvalue weighted by molar-refractivity contribution is -0.402. The first kappa shape index (κ1) is 23.7. The van der Waals surface area contributed by atoms with Gasteiger partial charge < -0.3 is 18.6 Å². The van der Waals surface area contributed by atoms with Crippen molar-refractivity contribution in [1.29, 1.82) is 0 Å². The minimum absolute atomic E-state index is 0.0671. The van der Waals surface area contributed by atoms with E-state index in [1.54, 1.807) is 0 Å². The third kappa shape index (κ3) is 5.04. The number of fused-ring (bicyclic) bond motifs is 3. The summed E-state index contributed by atoms with van der Waals surface area (Å²) in [5.41, 5.74) is 1.91. The van der Waals surface area contributed by atoms with Crippen LogP contribution in [0.2, 0.25) is 0 Å². The van der Waals surface area contributed by atoms with Crippen LogP contribution in [-0.4, -0.2) is 59.2 Å². The quantitative estimate of drug-likeness (QED) is 0.123. The Morgan fingerprint density at radius 2 is 2.15 bits per heavy atom. The molecule has 34 heavy (non-hydrogen) atoms. The van der Waals surface area contributed by atoms with E-state index < -0.39 is 11.0 Å². The second-order valence-corrected chi connectivity index (χ2v) is 8.90. The fourth-order valence-electron chi connectivity index (χ4n) is 4.33. The lowest BCUT2D eigenvalue weighted by Crippen LogP contribution is -2.28. The molecule has 0 radical (unpaired) electrons. The van der Waals surface area contributed by atoms with E-state index in [0.29, 0.717) is 12.1 Å². The molecule has 3 aliphatic heterocycles. The zero-order valence-corrected chi connectivity index (χ0v) is 19.1. The average Bonchev–Trinajstić information content (AvgIpc) is 3.13. The molecule has 0 N–H and O–H groups in total. The predicted octanol–water partition coefficient (Wildman–Crippen LogP) is 3.74. The lowest BCUT2D eigenvalue weighted by Gasteiger charge is -2.19. The van der Waals surface area contributed by atoms with Crippen LogP contribution in [0, 0.1) is 16.0 Å². The number of hydrogen-bond donors (Lipinski definition) is 0. The van der Waals surface area contributed by atoms with Crippen molar-refractivity contribution in [2.45, 2.75) is 57.3 Å². The third-order valence-corrected chi connectivity index (χ3v) is 6.43. The molecule has 3 fully saturated rings. The predicted molar refractivity (Wildman–Crippen MR) is 119 cm³/mol. The number of carbonyl (C=O) groups is 2. The highest BCUT2D eigenvalue weighted by atomic mass is 16.7. The number of carbonyl (C=O) groups excluding carboxylic acids is 2. The molecule has 1 aliphatic carbocycles. The van der Waals surface area contributed by atoms with Crippen LogP contribution in [0.3, 0.4) is 0 Å². The maximum absolute atomic E-state index is 11.7. The molecule has 4 unspecified atom stereocenters. The first-order valence-corrected chi connectivity index (χ1v) is 11.1. The zero-order valence-electron chi connectivity index (χ0n) is 19.1. The highest BCUT2D eigenvalue weighted by Gasteiger charge is 2.61. The molecule has 1 aromatic heterocycles. The number of hydrazone groups is 1. The van der Waals surface area contributed by atoms with Crippen LogP contribution in [0.4, 0.5) is 10.7 Å². The molecule has 5 rings (SSSR count). The number of allylic oxidation sites excluding steroid dienone is 2. The molecule has 11 nitrogen and oxygen atoms in total. The van der Waals surface area contributed by atoms with Crippen molar-refractivity contribution in [1.82, 2.24) is 5.01 Å². The summed E-state index contributed by atoms with van der Waals surface area (Å²) < 4.78 is 20.8. The summed E-state index contributed by atoms with van der Waals surface area (Å²) in [4.78, 5) is 32.3. The second kappa shape index (κ2) is 9.41. The first-order valence-electron chi connectivity index (χ1n) is 11.1. The standard InChI is InChI=1S/C15H20O3.C8H7N3O5/c1-9-5-4-8-15(3)13(18-15)12-11(7-6-9)10(2)14(16)17-12;12-8-10(3-4-15-8)9-5-6-1-2-7(16-6)11(13)14/h5,11-13H,2,4,6-8H2,1,3H3;1-2,5H,3-4H2. The van der Waals surface area contributed by atoms with Crippen LogP contribution in [0.5, 0.6) is 0 Å². The Balaban J connectivity index is 0.000000162. The van der Waals surface area contributed by atoms with Gasteiger partial charge in [-0.2, -0.15) is 10.1 Å². The molecule has 4 aliphatic rings. The maximum atomic E-state index is 11.7. The Labute approximate surface area is 196 Å². The molecule has 11 heteroatoms. The smallest absolute Gasteiger partial charge is 0.433 e. The summed E-state index contributed by atoms with van der Waals surface area (Å²) in [6.45, 7) is 8.82. The van der Waals surface area contributed by atoms with Crippen molar-refractivity contribution in [3.8, 4) is 0 Å². The topological polar surface area (TPSA) is 137 Å². The third-order valence-electron chi connectivity index (χ3n) is 6.43. The van der Waals surface area contributed by atoms with Gasteiger partial charge in [0.15, 0.2) is 5.76 Å². The number of hydrogen-bond acceptors (Lipinski definition) is 9. The minimum Gasteiger partial charge on any atom is -0.455 e. The van der Waals surface area contributed by atoms with Gasteiger partial charge in [0.2, 0.25) is 0 Å². The van der Waals surface area contributed by atoms with E-state index in [9.17, 15) is 19.7 Å². The molecule has 0 bridgehead atoms. The number of nitro groups is 1. The van der Waals surface area contributed by atoms with Crippen molar-refractivity contribution in [2.24, 2.45) is 11.0 Å². The highest BCUT2D eigenvalue weighted by Crippen LogP contribution is 2.49. The van der Waals surface area contributed by atoms with Gasteiger partial charge in [0.1, 0.15) is 23.7 Å². The van der Waals surface area contributed by atoms with Crippen molar-refractivity contribution in [3.05, 3.63) is 51.8 Å². The van der Waals surface area contributed by atoms with Crippen LogP contribution in [0.15, 0.2) is 45.5 Å². The van der Waals surface area contributed by atoms with Gasteiger partial charge in [-0.3, -0.25) is 10.1 Å². The van der Waals surface area contributed by atoms with Gasteiger partial charge >= 0.3 is 17.9 Å². The Bertz CT molecular complexity index is 1060. The zero-order chi connectivity index (χ0) is 24.5. The summed E-state index contributed by atoms with van der Waals surface area (Å²) >= 11 is 0. The van der Waals surface area contributed by atoms with E-state index in [2.05, 4.69) is 36.3 Å². The van der Waals surface area contributed by atoms with E-state index in [1.807, 2.05) is 0 Å². The van der Waals surface area contributed by atoms with Gasteiger partial charge in [0, 0.05) is 11.5 Å². The van der Waals surface area contributed by atoms with Crippen molar-refractivity contribution >= 4 is 24.2 Å². The molecular weight excluding hydrogens is 446 g/mol. The first-order chi connectivity index (χ1) is 16.2. The van der Waals surface area contributed by atoms with Crippen molar-refractivity contribution in [2.75, 3.05) is 13.2 Å². The van der Waals surface area contributed by atoms with E-state index in [4.69, 9.17) is 13.9 Å². The minimum atomic E-state index is -0.651. The molecule has 182 valence electrons. The maximum Gasteiger partial charge on any atom is 0.433 e. The normalized spacial score (nSPS) is 30.5. The van der Waals surface area contributed by atoms with Gasteiger partial charge in [-0.1, -0.05) is 18.2 Å². The monoisotopic (exact) mass is 473 g/mol. The molecule has 4 heterocycles.